The van der Waals surface area contributed by atoms with Crippen LogP contribution in [0.3, 0.4) is 0 Å². The Morgan fingerprint density at radius 1 is 1.78 bits per heavy atom. The number of nitrogens with two attached hydrogens (primary N) is 1. The van der Waals surface area contributed by atoms with Crippen LogP contribution in [0, 0.1) is 0 Å². The lowest BCUT2D eigenvalue weighted by atomic mass is 10.6. The van der Waals surface area contributed by atoms with Gasteiger partial charge >= 0.3 is 5.95 Å². The van der Waals surface area contributed by atoms with E-state index in [1.165, 1.54) is 0 Å². The predicted molar refractivity (Wildman–Crippen MR) is 33.2 cm³/mol. The van der Waals surface area contributed by atoms with Gasteiger partial charge in [0.25, 0.3) is 0 Å². The summed E-state index contributed by atoms with van der Waals surface area (Å²) in [6, 6.07) is 1.83. The highest BCUT2D eigenvalue weighted by Gasteiger charge is 1.99. The fraction of sp³-hybridized carbons (Fsp3) is 0.200. The fourth-order valence-corrected chi connectivity index (χ4v) is 0.582. The lowest BCUT2D eigenvalue weighted by molar-refractivity contribution is -0.659. The van der Waals surface area contributed by atoms with Gasteiger partial charge in [0.1, 0.15) is 6.20 Å². The van der Waals surface area contributed by atoms with Crippen molar-refractivity contribution >= 4 is 5.95 Å². The highest BCUT2D eigenvalue weighted by atomic mass is 15.3. The van der Waals surface area contributed by atoms with E-state index in [0.717, 1.165) is 0 Å². The van der Waals surface area contributed by atoms with E-state index in [4.69, 9.17) is 5.84 Å². The Labute approximate surface area is 53.3 Å². The molecule has 1 aromatic rings. The van der Waals surface area contributed by atoms with Crippen LogP contribution in [0.25, 0.3) is 0 Å². The Bertz CT molecular complexity index is 198. The van der Waals surface area contributed by atoms with E-state index >= 15 is 0 Å². The molecule has 0 amide bonds. The molecule has 48 valence electrons. The predicted octanol–water partition coefficient (Wildman–Crippen LogP) is -0.808. The number of hydrogen-bond acceptors (Lipinski definition) is 3. The minimum atomic E-state index is 0.650. The minimum Gasteiger partial charge on any atom is -0.237 e. The van der Waals surface area contributed by atoms with Gasteiger partial charge in [-0.05, 0) is 0 Å². The number of nitrogens with one attached hydrogen (secondary N) is 1. The quantitative estimate of drug-likeness (QED) is 0.293. The fourth-order valence-electron chi connectivity index (χ4n) is 0.582. The van der Waals surface area contributed by atoms with E-state index in [1.54, 1.807) is 10.8 Å². The van der Waals surface area contributed by atoms with Crippen molar-refractivity contribution in [1.29, 1.82) is 0 Å². The van der Waals surface area contributed by atoms with Gasteiger partial charge in [0.2, 0.25) is 0 Å². The lowest BCUT2D eigenvalue weighted by Crippen LogP contribution is -2.34. The van der Waals surface area contributed by atoms with Gasteiger partial charge in [-0.1, -0.05) is 4.98 Å². The van der Waals surface area contributed by atoms with Crippen LogP contribution in [0.5, 0.6) is 0 Å². The molecule has 0 unspecified atom stereocenters. The molecule has 0 aliphatic heterocycles. The van der Waals surface area contributed by atoms with E-state index < -0.39 is 0 Å². The molecule has 0 aliphatic rings. The molecular formula is C5H9N4+. The summed E-state index contributed by atoms with van der Waals surface area (Å²) in [5.41, 5.74) is 2.45. The molecule has 4 heteroatoms. The molecule has 0 radical (unpaired) electrons. The van der Waals surface area contributed by atoms with Crippen molar-refractivity contribution < 1.29 is 4.57 Å². The molecule has 1 aromatic heterocycles. The Morgan fingerprint density at radius 2 is 2.56 bits per heavy atom. The highest BCUT2D eigenvalue weighted by Crippen LogP contribution is 1.84. The SMILES string of the molecule is C[n+]1cccnc1NN. The van der Waals surface area contributed by atoms with Gasteiger partial charge in [-0.15, -0.1) is 0 Å². The maximum atomic E-state index is 5.12. The first kappa shape index (κ1) is 5.97. The molecule has 9 heavy (non-hydrogen) atoms. The van der Waals surface area contributed by atoms with Crippen molar-refractivity contribution in [3.05, 3.63) is 18.5 Å². The maximum Gasteiger partial charge on any atom is 0.408 e. The molecular weight excluding hydrogens is 116 g/mol. The topological polar surface area (TPSA) is 54.8 Å². The normalized spacial score (nSPS) is 9.11. The Hall–Kier alpha value is -1.16. The van der Waals surface area contributed by atoms with Crippen LogP contribution >= 0.6 is 0 Å². The number of nitrogens with zero attached hydrogens (tertiary/aromatic N) is 2. The molecule has 0 atom stereocenters. The van der Waals surface area contributed by atoms with Crippen LogP contribution in [0.1, 0.15) is 0 Å². The maximum absolute atomic E-state index is 5.12. The summed E-state index contributed by atoms with van der Waals surface area (Å²) in [6.45, 7) is 0. The molecule has 0 saturated heterocycles. The number of aryl methyl sites for hydroxylation is 1. The Morgan fingerprint density at radius 3 is 3.00 bits per heavy atom. The molecule has 0 fully saturated rings. The summed E-state index contributed by atoms with van der Waals surface area (Å²) in [4.78, 5) is 3.92. The van der Waals surface area contributed by atoms with Crippen LogP contribution in [-0.2, 0) is 7.05 Å². The van der Waals surface area contributed by atoms with Crippen molar-refractivity contribution in [2.75, 3.05) is 5.43 Å². The van der Waals surface area contributed by atoms with E-state index in [9.17, 15) is 0 Å². The van der Waals surface area contributed by atoms with Crippen LogP contribution in [0.4, 0.5) is 5.95 Å². The number of hydrazine groups is 1. The van der Waals surface area contributed by atoms with Gasteiger partial charge in [0.05, 0.1) is 13.2 Å². The number of rotatable bonds is 1. The van der Waals surface area contributed by atoms with Crippen LogP contribution in [0.15, 0.2) is 18.5 Å². The second-order valence-electron chi connectivity index (χ2n) is 1.70. The first-order valence-electron chi connectivity index (χ1n) is 2.62. The summed E-state index contributed by atoms with van der Waals surface area (Å²) in [7, 11) is 1.86. The van der Waals surface area contributed by atoms with Gasteiger partial charge in [-0.3, -0.25) is 0 Å². The van der Waals surface area contributed by atoms with E-state index in [1.807, 2.05) is 19.3 Å². The van der Waals surface area contributed by atoms with Gasteiger partial charge in [-0.25, -0.2) is 9.99 Å². The van der Waals surface area contributed by atoms with Crippen molar-refractivity contribution in [1.82, 2.24) is 4.98 Å². The third-order valence-corrected chi connectivity index (χ3v) is 1.06. The van der Waals surface area contributed by atoms with E-state index in [0.29, 0.717) is 5.95 Å². The zero-order chi connectivity index (χ0) is 6.69. The zero-order valence-corrected chi connectivity index (χ0v) is 5.20. The second-order valence-corrected chi connectivity index (χ2v) is 1.70. The summed E-state index contributed by atoms with van der Waals surface area (Å²) in [6.07, 6.45) is 3.54. The van der Waals surface area contributed by atoms with Gasteiger partial charge in [0, 0.05) is 6.07 Å². The zero-order valence-electron chi connectivity index (χ0n) is 5.20. The molecule has 0 aliphatic carbocycles. The number of aromatic nitrogens is 2. The van der Waals surface area contributed by atoms with Gasteiger partial charge in [0.15, 0.2) is 0 Å². The molecule has 0 bridgehead atoms. The third-order valence-electron chi connectivity index (χ3n) is 1.06. The van der Waals surface area contributed by atoms with Gasteiger partial charge in [-0.2, -0.15) is 5.84 Å². The van der Waals surface area contributed by atoms with Crippen molar-refractivity contribution in [2.45, 2.75) is 0 Å². The van der Waals surface area contributed by atoms with E-state index in [2.05, 4.69) is 10.4 Å². The third kappa shape index (κ3) is 1.14. The Kier molecular flexibility index (Phi) is 1.60. The first-order chi connectivity index (χ1) is 4.34. The largest absolute Gasteiger partial charge is 0.408 e. The summed E-state index contributed by atoms with van der Waals surface area (Å²) in [5.74, 6) is 5.77. The van der Waals surface area contributed by atoms with Crippen molar-refractivity contribution in [3.63, 3.8) is 0 Å². The molecule has 0 saturated carbocycles. The summed E-state index contributed by atoms with van der Waals surface area (Å²) >= 11 is 0. The molecule has 0 spiro atoms. The van der Waals surface area contributed by atoms with Crippen molar-refractivity contribution in [3.8, 4) is 0 Å². The number of hydrogen-bond donors (Lipinski definition) is 2. The van der Waals surface area contributed by atoms with Crippen molar-refractivity contribution in [2.24, 2.45) is 12.9 Å². The standard InChI is InChI=1S/C5H8N4/c1-9-4-2-3-7-5(9)8-6/h2-4H,6H2,1H3/p+1. The molecule has 4 nitrogen and oxygen atoms in total. The van der Waals surface area contributed by atoms with E-state index in [-0.39, 0.29) is 0 Å². The molecule has 3 N–H and O–H groups in total. The van der Waals surface area contributed by atoms with Gasteiger partial charge < -0.3 is 0 Å². The smallest absolute Gasteiger partial charge is 0.237 e. The highest BCUT2D eigenvalue weighted by molar-refractivity contribution is 5.10. The second kappa shape index (κ2) is 2.41. The van der Waals surface area contributed by atoms with Crippen LogP contribution in [0.2, 0.25) is 0 Å². The monoisotopic (exact) mass is 125 g/mol. The number of anilines is 1. The first-order valence-corrected chi connectivity index (χ1v) is 2.62. The number of nitrogen functional groups attached to an aromatic ring is 1. The van der Waals surface area contributed by atoms with Crippen LogP contribution in [-0.4, -0.2) is 4.98 Å². The lowest BCUT2D eigenvalue weighted by Gasteiger charge is -1.92. The molecule has 1 heterocycles. The molecule has 0 aromatic carbocycles. The average Bonchev–Trinajstić information content (AvgIpc) is 1.89. The average molecular weight is 125 g/mol. The van der Waals surface area contributed by atoms with Crippen LogP contribution < -0.4 is 15.8 Å². The minimum absolute atomic E-state index is 0.650. The summed E-state index contributed by atoms with van der Waals surface area (Å²) in [5, 5.41) is 0. The Balaban J connectivity index is 3.01. The summed E-state index contributed by atoms with van der Waals surface area (Å²) < 4.78 is 1.79. The molecule has 1 rings (SSSR count).